The second-order valence-electron chi connectivity index (χ2n) is 6.53. The maximum absolute atomic E-state index is 12.2. The number of benzene rings is 1. The summed E-state index contributed by atoms with van der Waals surface area (Å²) in [4.78, 5) is 14.3. The molecule has 1 fully saturated rings. The van der Waals surface area contributed by atoms with Crippen LogP contribution in [-0.2, 0) is 4.79 Å². The standard InChI is InChI=1S/C18H28N2O2/c1-13-11-15(7-8-17(13)22-4)16(14-5-6-14)12-18(21)19-9-10-20(2)3/h7-8,11,14,16H,5-6,9-10,12H2,1-4H3,(H,19,21). The summed E-state index contributed by atoms with van der Waals surface area (Å²) in [6, 6.07) is 6.31. The number of carbonyl (C=O) groups is 1. The molecule has 1 aliphatic rings. The van der Waals surface area contributed by atoms with E-state index in [4.69, 9.17) is 4.74 Å². The van der Waals surface area contributed by atoms with E-state index in [9.17, 15) is 4.79 Å². The average Bonchev–Trinajstić information content (AvgIpc) is 3.29. The fraction of sp³-hybridized carbons (Fsp3) is 0.611. The molecule has 4 heteroatoms. The van der Waals surface area contributed by atoms with Gasteiger partial charge in [0.1, 0.15) is 5.75 Å². The zero-order valence-electron chi connectivity index (χ0n) is 14.2. The Morgan fingerprint density at radius 2 is 2.14 bits per heavy atom. The van der Waals surface area contributed by atoms with Crippen LogP contribution in [0.1, 0.15) is 36.3 Å². The van der Waals surface area contributed by atoms with Crippen molar-refractivity contribution < 1.29 is 9.53 Å². The Morgan fingerprint density at radius 1 is 1.41 bits per heavy atom. The summed E-state index contributed by atoms with van der Waals surface area (Å²) >= 11 is 0. The number of amides is 1. The van der Waals surface area contributed by atoms with E-state index in [0.29, 0.717) is 24.8 Å². The summed E-state index contributed by atoms with van der Waals surface area (Å²) in [5, 5.41) is 3.03. The van der Waals surface area contributed by atoms with Crippen molar-refractivity contribution in [1.29, 1.82) is 0 Å². The van der Waals surface area contributed by atoms with Gasteiger partial charge in [0.25, 0.3) is 0 Å². The molecule has 1 N–H and O–H groups in total. The molecular weight excluding hydrogens is 276 g/mol. The first-order valence-corrected chi connectivity index (χ1v) is 8.07. The number of methoxy groups -OCH3 is 1. The molecule has 1 amide bonds. The van der Waals surface area contributed by atoms with Crippen LogP contribution >= 0.6 is 0 Å². The highest BCUT2D eigenvalue weighted by molar-refractivity contribution is 5.77. The number of rotatable bonds is 8. The summed E-state index contributed by atoms with van der Waals surface area (Å²) in [6.07, 6.45) is 3.06. The number of nitrogens with zero attached hydrogens (tertiary/aromatic N) is 1. The van der Waals surface area contributed by atoms with Gasteiger partial charge in [0.2, 0.25) is 5.91 Å². The zero-order valence-corrected chi connectivity index (χ0v) is 14.2. The monoisotopic (exact) mass is 304 g/mol. The summed E-state index contributed by atoms with van der Waals surface area (Å²) in [7, 11) is 5.72. The van der Waals surface area contributed by atoms with Gasteiger partial charge in [-0.25, -0.2) is 0 Å². The Hall–Kier alpha value is -1.55. The van der Waals surface area contributed by atoms with Crippen LogP contribution in [0.15, 0.2) is 18.2 Å². The first-order valence-electron chi connectivity index (χ1n) is 8.07. The lowest BCUT2D eigenvalue weighted by molar-refractivity contribution is -0.121. The molecular formula is C18H28N2O2. The van der Waals surface area contributed by atoms with Crippen LogP contribution in [0.25, 0.3) is 0 Å². The van der Waals surface area contributed by atoms with E-state index in [2.05, 4.69) is 29.3 Å². The van der Waals surface area contributed by atoms with Gasteiger partial charge in [0, 0.05) is 19.5 Å². The van der Waals surface area contributed by atoms with Crippen molar-refractivity contribution in [2.45, 2.75) is 32.1 Å². The molecule has 0 aliphatic heterocycles. The Morgan fingerprint density at radius 3 is 2.68 bits per heavy atom. The fourth-order valence-corrected chi connectivity index (χ4v) is 2.88. The number of likely N-dealkylation sites (N-methyl/N-ethyl adjacent to an activating group) is 1. The Balaban J connectivity index is 1.98. The van der Waals surface area contributed by atoms with Crippen molar-refractivity contribution in [3.8, 4) is 5.75 Å². The van der Waals surface area contributed by atoms with Crippen molar-refractivity contribution >= 4 is 5.91 Å². The van der Waals surface area contributed by atoms with Crippen LogP contribution in [0.4, 0.5) is 0 Å². The summed E-state index contributed by atoms with van der Waals surface area (Å²) in [6.45, 7) is 3.65. The summed E-state index contributed by atoms with van der Waals surface area (Å²) in [5.41, 5.74) is 2.40. The number of hydrogen-bond donors (Lipinski definition) is 1. The molecule has 1 saturated carbocycles. The van der Waals surface area contributed by atoms with E-state index >= 15 is 0 Å². The molecule has 1 unspecified atom stereocenters. The Bertz CT molecular complexity index is 510. The van der Waals surface area contributed by atoms with Crippen molar-refractivity contribution in [3.05, 3.63) is 29.3 Å². The Labute approximate surface area is 133 Å². The van der Waals surface area contributed by atoms with Crippen molar-refractivity contribution in [2.75, 3.05) is 34.3 Å². The maximum Gasteiger partial charge on any atom is 0.220 e. The fourth-order valence-electron chi connectivity index (χ4n) is 2.88. The van der Waals surface area contributed by atoms with Crippen molar-refractivity contribution in [2.24, 2.45) is 5.92 Å². The van der Waals surface area contributed by atoms with E-state index in [-0.39, 0.29) is 5.91 Å². The molecule has 122 valence electrons. The molecule has 0 saturated heterocycles. The summed E-state index contributed by atoms with van der Waals surface area (Å²) in [5.74, 6) is 2.07. The van der Waals surface area contributed by atoms with Gasteiger partial charge in [-0.2, -0.15) is 0 Å². The minimum absolute atomic E-state index is 0.159. The maximum atomic E-state index is 12.2. The molecule has 0 radical (unpaired) electrons. The largest absolute Gasteiger partial charge is 0.496 e. The van der Waals surface area contributed by atoms with Crippen LogP contribution in [0.5, 0.6) is 5.75 Å². The molecule has 1 aromatic rings. The minimum atomic E-state index is 0.159. The normalized spacial score (nSPS) is 15.7. The van der Waals surface area contributed by atoms with Gasteiger partial charge in [-0.1, -0.05) is 12.1 Å². The van der Waals surface area contributed by atoms with E-state index in [1.807, 2.05) is 20.2 Å². The number of ether oxygens (including phenoxy) is 1. The second kappa shape index (κ2) is 7.63. The molecule has 1 atom stereocenters. The first-order chi connectivity index (χ1) is 10.5. The molecule has 0 aromatic heterocycles. The average molecular weight is 304 g/mol. The highest BCUT2D eigenvalue weighted by atomic mass is 16.5. The van der Waals surface area contributed by atoms with Gasteiger partial charge in [-0.3, -0.25) is 4.79 Å². The number of hydrogen-bond acceptors (Lipinski definition) is 3. The lowest BCUT2D eigenvalue weighted by Crippen LogP contribution is -2.32. The predicted octanol–water partition coefficient (Wildman–Crippen LogP) is 2.57. The highest BCUT2D eigenvalue weighted by Gasteiger charge is 2.33. The first kappa shape index (κ1) is 16.8. The highest BCUT2D eigenvalue weighted by Crippen LogP contribution is 2.45. The molecule has 0 bridgehead atoms. The molecule has 1 aromatic carbocycles. The van der Waals surface area contributed by atoms with Crippen LogP contribution < -0.4 is 10.1 Å². The summed E-state index contributed by atoms with van der Waals surface area (Å²) < 4.78 is 5.33. The third-order valence-corrected chi connectivity index (χ3v) is 4.32. The number of nitrogens with one attached hydrogen (secondary N) is 1. The molecule has 1 aliphatic carbocycles. The van der Waals surface area contributed by atoms with Gasteiger partial charge in [0.05, 0.1) is 7.11 Å². The van der Waals surface area contributed by atoms with E-state index in [1.165, 1.54) is 18.4 Å². The lowest BCUT2D eigenvalue weighted by atomic mass is 9.89. The lowest BCUT2D eigenvalue weighted by Gasteiger charge is -2.18. The quantitative estimate of drug-likeness (QED) is 0.802. The SMILES string of the molecule is COc1ccc(C(CC(=O)NCCN(C)C)C2CC2)cc1C. The van der Waals surface area contributed by atoms with Gasteiger partial charge in [0.15, 0.2) is 0 Å². The third kappa shape index (κ3) is 4.73. The van der Waals surface area contributed by atoms with Gasteiger partial charge < -0.3 is 15.0 Å². The van der Waals surface area contributed by atoms with E-state index in [1.54, 1.807) is 7.11 Å². The van der Waals surface area contributed by atoms with Gasteiger partial charge in [-0.05, 0) is 62.9 Å². The number of aryl methyl sites for hydroxylation is 1. The van der Waals surface area contributed by atoms with Crippen LogP contribution in [-0.4, -0.2) is 45.1 Å². The van der Waals surface area contributed by atoms with Crippen LogP contribution in [0.3, 0.4) is 0 Å². The van der Waals surface area contributed by atoms with Crippen LogP contribution in [0, 0.1) is 12.8 Å². The molecule has 22 heavy (non-hydrogen) atoms. The number of carbonyl (C=O) groups excluding carboxylic acids is 1. The Kier molecular flexibility index (Phi) is 5.83. The van der Waals surface area contributed by atoms with E-state index < -0.39 is 0 Å². The minimum Gasteiger partial charge on any atom is -0.496 e. The molecule has 4 nitrogen and oxygen atoms in total. The van der Waals surface area contributed by atoms with Crippen molar-refractivity contribution in [3.63, 3.8) is 0 Å². The zero-order chi connectivity index (χ0) is 16.1. The van der Waals surface area contributed by atoms with Crippen LogP contribution in [0.2, 0.25) is 0 Å². The topological polar surface area (TPSA) is 41.6 Å². The predicted molar refractivity (Wildman–Crippen MR) is 89.4 cm³/mol. The van der Waals surface area contributed by atoms with E-state index in [0.717, 1.165) is 17.9 Å². The smallest absolute Gasteiger partial charge is 0.220 e. The molecule has 0 spiro atoms. The van der Waals surface area contributed by atoms with Crippen molar-refractivity contribution in [1.82, 2.24) is 10.2 Å². The van der Waals surface area contributed by atoms with Gasteiger partial charge >= 0.3 is 0 Å². The molecule has 2 rings (SSSR count). The third-order valence-electron chi connectivity index (χ3n) is 4.32. The second-order valence-corrected chi connectivity index (χ2v) is 6.53. The van der Waals surface area contributed by atoms with Gasteiger partial charge in [-0.15, -0.1) is 0 Å². The molecule has 0 heterocycles.